The predicted octanol–water partition coefficient (Wildman–Crippen LogP) is 5.44. The van der Waals surface area contributed by atoms with Crippen molar-refractivity contribution in [1.29, 1.82) is 0 Å². The van der Waals surface area contributed by atoms with Gasteiger partial charge in [-0.15, -0.1) is 5.98 Å². The number of benzene rings is 4. The molecule has 1 heterocycles. The minimum atomic E-state index is -0.380. The molecule has 5 aromatic rings. The van der Waals surface area contributed by atoms with Crippen molar-refractivity contribution >= 4 is 22.9 Å². The maximum absolute atomic E-state index is 5.67. The van der Waals surface area contributed by atoms with Crippen LogP contribution in [0.3, 0.4) is 0 Å². The van der Waals surface area contributed by atoms with Crippen molar-refractivity contribution < 1.29 is 0 Å². The molecule has 3 nitrogen and oxygen atoms in total. The van der Waals surface area contributed by atoms with Crippen molar-refractivity contribution in [2.45, 2.75) is 11.7 Å². The Labute approximate surface area is 211 Å². The van der Waals surface area contributed by atoms with Crippen LogP contribution in [0, 0.1) is 0 Å². The van der Waals surface area contributed by atoms with Crippen LogP contribution in [0.15, 0.2) is 140 Å². The van der Waals surface area contributed by atoms with E-state index in [1.807, 2.05) is 41.1 Å². The normalized spacial score (nSPS) is 10.7. The van der Waals surface area contributed by atoms with Gasteiger partial charge in [-0.2, -0.15) is 5.10 Å². The first kappa shape index (κ1) is 24.2. The fraction of sp³-hybridized carbons (Fsp3) is 0.0667. The first-order chi connectivity index (χ1) is 17.3. The van der Waals surface area contributed by atoms with E-state index in [2.05, 4.69) is 95.0 Å². The third kappa shape index (κ3) is 7.01. The monoisotopic (exact) mass is 469 g/mol. The number of aromatic nitrogens is 3. The second kappa shape index (κ2) is 13.1. The van der Waals surface area contributed by atoms with E-state index in [1.54, 1.807) is 18.6 Å². The summed E-state index contributed by atoms with van der Waals surface area (Å²) in [6, 6.07) is 41.9. The maximum atomic E-state index is 5.67. The Morgan fingerprint density at radius 2 is 1.17 bits per heavy atom. The van der Waals surface area contributed by atoms with Gasteiger partial charge in [0.1, 0.15) is 20.5 Å². The minimum absolute atomic E-state index is 0.380. The zero-order valence-corrected chi connectivity index (χ0v) is 21.1. The van der Waals surface area contributed by atoms with Crippen molar-refractivity contribution in [3.05, 3.63) is 162 Å². The molecule has 0 unspecified atom stereocenters. The maximum Gasteiger partial charge on any atom is 0.137 e. The highest BCUT2D eigenvalue weighted by molar-refractivity contribution is 6.37. The summed E-state index contributed by atoms with van der Waals surface area (Å²) in [6.07, 6.45) is 4.42. The molecule has 0 amide bonds. The standard InChI is InChI=1S/C16H17N3Si.C14H11B/c1-3-7-14(8-4-1)16(15-9-5-2-6-10-15)20-13-19-12-17-11-18-19;15-11-14(12-7-3-1-4-8-12)13-9-5-2-6-10-13/h1-12,16H,13,20H2;1-11H. The van der Waals surface area contributed by atoms with Gasteiger partial charge in [-0.25, -0.2) is 4.98 Å². The van der Waals surface area contributed by atoms with Crippen LogP contribution in [0.25, 0.3) is 5.57 Å². The predicted molar refractivity (Wildman–Crippen MR) is 149 cm³/mol. The topological polar surface area (TPSA) is 30.7 Å². The van der Waals surface area contributed by atoms with Crippen molar-refractivity contribution in [3.63, 3.8) is 0 Å². The largest absolute Gasteiger partial charge is 0.257 e. The van der Waals surface area contributed by atoms with Gasteiger partial charge in [-0.3, -0.25) is 4.68 Å². The van der Waals surface area contributed by atoms with Gasteiger partial charge in [0.25, 0.3) is 0 Å². The van der Waals surface area contributed by atoms with Crippen LogP contribution in [-0.2, 0) is 6.17 Å². The summed E-state index contributed by atoms with van der Waals surface area (Å²) >= 11 is 0. The van der Waals surface area contributed by atoms with E-state index in [0.717, 1.165) is 22.9 Å². The number of nitrogens with zero attached hydrogens (tertiary/aromatic N) is 3. The molecule has 0 aliphatic carbocycles. The quantitative estimate of drug-likeness (QED) is 0.297. The summed E-state index contributed by atoms with van der Waals surface area (Å²) < 4.78 is 1.95. The van der Waals surface area contributed by atoms with Crippen LogP contribution >= 0.6 is 0 Å². The summed E-state index contributed by atoms with van der Waals surface area (Å²) in [4.78, 5) is 4.02. The molecule has 4 aromatic carbocycles. The number of hydrogen-bond donors (Lipinski definition) is 0. The SMILES string of the molecule is [B]C=C(c1ccccc1)c1ccccc1.c1ccc(C([SiH2]Cn2cncn2)c2ccccc2)cc1. The molecule has 0 saturated heterocycles. The molecule has 5 rings (SSSR count). The van der Waals surface area contributed by atoms with Gasteiger partial charge >= 0.3 is 0 Å². The smallest absolute Gasteiger partial charge is 0.137 e. The van der Waals surface area contributed by atoms with Crippen LogP contribution in [0.2, 0.25) is 0 Å². The zero-order valence-electron chi connectivity index (χ0n) is 19.7. The molecule has 0 bridgehead atoms. The molecule has 5 heteroatoms. The van der Waals surface area contributed by atoms with E-state index in [4.69, 9.17) is 7.85 Å². The third-order valence-electron chi connectivity index (χ3n) is 5.85. The number of hydrogen-bond acceptors (Lipinski definition) is 2. The van der Waals surface area contributed by atoms with E-state index in [-0.39, 0.29) is 9.52 Å². The van der Waals surface area contributed by atoms with Crippen LogP contribution in [0.4, 0.5) is 0 Å². The zero-order chi connectivity index (χ0) is 24.1. The third-order valence-corrected chi connectivity index (χ3v) is 8.09. The Morgan fingerprint density at radius 1 is 0.714 bits per heavy atom. The van der Waals surface area contributed by atoms with Gasteiger partial charge in [0.15, 0.2) is 0 Å². The molecule has 0 saturated carbocycles. The summed E-state index contributed by atoms with van der Waals surface area (Å²) in [5.41, 5.74) is 6.70. The van der Waals surface area contributed by atoms with Gasteiger partial charge in [-0.1, -0.05) is 121 Å². The van der Waals surface area contributed by atoms with Gasteiger partial charge < -0.3 is 0 Å². The summed E-state index contributed by atoms with van der Waals surface area (Å²) in [5.74, 6) is 1.66. The van der Waals surface area contributed by atoms with Crippen LogP contribution in [-0.4, -0.2) is 32.1 Å². The first-order valence-corrected chi connectivity index (χ1v) is 13.6. The Bertz CT molecular complexity index is 1200. The van der Waals surface area contributed by atoms with E-state index >= 15 is 0 Å². The lowest BCUT2D eigenvalue weighted by Gasteiger charge is -2.17. The van der Waals surface area contributed by atoms with Crippen molar-refractivity contribution in [1.82, 2.24) is 14.8 Å². The van der Waals surface area contributed by atoms with Crippen molar-refractivity contribution in [3.8, 4) is 0 Å². The highest BCUT2D eigenvalue weighted by Crippen LogP contribution is 2.24. The van der Waals surface area contributed by atoms with Gasteiger partial charge in [0.05, 0.1) is 9.52 Å². The lowest BCUT2D eigenvalue weighted by molar-refractivity contribution is 0.730. The average molecular weight is 469 g/mol. The fourth-order valence-corrected chi connectivity index (χ4v) is 6.07. The Kier molecular flexibility index (Phi) is 9.02. The lowest BCUT2D eigenvalue weighted by Crippen LogP contribution is -2.16. The highest BCUT2D eigenvalue weighted by atomic mass is 28.2. The molecule has 0 aliphatic heterocycles. The Hall–Kier alpha value is -3.96. The molecule has 0 aliphatic rings. The molecular weight excluding hydrogens is 441 g/mol. The molecule has 0 atom stereocenters. The molecule has 0 spiro atoms. The second-order valence-corrected chi connectivity index (χ2v) is 9.97. The lowest BCUT2D eigenvalue weighted by atomic mass is 9.92. The van der Waals surface area contributed by atoms with Gasteiger partial charge in [-0.05, 0) is 33.4 Å². The summed E-state index contributed by atoms with van der Waals surface area (Å²) in [6.45, 7) is 0. The minimum Gasteiger partial charge on any atom is -0.257 e. The summed E-state index contributed by atoms with van der Waals surface area (Å²) in [7, 11) is 5.30. The summed E-state index contributed by atoms with van der Waals surface area (Å²) in [5, 5.41) is 4.22. The average Bonchev–Trinajstić information content (AvgIpc) is 3.46. The van der Waals surface area contributed by atoms with Crippen molar-refractivity contribution in [2.75, 3.05) is 0 Å². The molecular formula is C30H28BN3Si. The molecule has 2 radical (unpaired) electrons. The van der Waals surface area contributed by atoms with Gasteiger partial charge in [0, 0.05) is 6.17 Å². The molecule has 0 fully saturated rings. The number of rotatable bonds is 7. The molecule has 170 valence electrons. The van der Waals surface area contributed by atoms with Gasteiger partial charge in [0.2, 0.25) is 0 Å². The molecule has 35 heavy (non-hydrogen) atoms. The second-order valence-electron chi connectivity index (χ2n) is 8.13. The first-order valence-electron chi connectivity index (χ1n) is 11.8. The molecule has 1 aromatic heterocycles. The van der Waals surface area contributed by atoms with E-state index in [0.29, 0.717) is 5.54 Å². The van der Waals surface area contributed by atoms with Crippen LogP contribution in [0.5, 0.6) is 0 Å². The van der Waals surface area contributed by atoms with Crippen LogP contribution in [0.1, 0.15) is 27.8 Å². The highest BCUT2D eigenvalue weighted by Gasteiger charge is 2.14. The Morgan fingerprint density at radius 3 is 1.57 bits per heavy atom. The van der Waals surface area contributed by atoms with Crippen molar-refractivity contribution in [2.24, 2.45) is 0 Å². The van der Waals surface area contributed by atoms with E-state index < -0.39 is 0 Å². The van der Waals surface area contributed by atoms with Crippen LogP contribution < -0.4 is 0 Å². The molecule has 0 N–H and O–H groups in total. The fourth-order valence-electron chi connectivity index (χ4n) is 4.10. The van der Waals surface area contributed by atoms with E-state index in [1.165, 1.54) is 11.1 Å². The Balaban J connectivity index is 0.000000172. The van der Waals surface area contributed by atoms with E-state index in [9.17, 15) is 0 Å².